The van der Waals surface area contributed by atoms with Gasteiger partial charge in [0.1, 0.15) is 22.5 Å². The molecule has 1 fully saturated rings. The number of nitrogens with zero attached hydrogens (tertiary/aromatic N) is 3. The highest BCUT2D eigenvalue weighted by atomic mass is 35.5. The van der Waals surface area contributed by atoms with Gasteiger partial charge in [0, 0.05) is 0 Å². The molecular weight excluding hydrogens is 522 g/mol. The molecule has 3 rings (SSSR count). The van der Waals surface area contributed by atoms with Gasteiger partial charge >= 0.3 is 22.3 Å². The first-order valence-corrected chi connectivity index (χ1v) is 11.4. The van der Waals surface area contributed by atoms with Gasteiger partial charge in [-0.3, -0.25) is 10.1 Å². The van der Waals surface area contributed by atoms with Crippen LogP contribution in [0.1, 0.15) is 24.1 Å². The van der Waals surface area contributed by atoms with Gasteiger partial charge in [0.2, 0.25) is 0 Å². The number of halogens is 7. The minimum absolute atomic E-state index is 0.0488. The lowest BCUT2D eigenvalue weighted by Crippen LogP contribution is -2.25. The molecule has 1 aromatic heterocycles. The number of ether oxygens (including phenoxy) is 2. The van der Waals surface area contributed by atoms with E-state index in [1.165, 1.54) is 0 Å². The number of rotatable bonds is 5. The van der Waals surface area contributed by atoms with Crippen molar-refractivity contribution in [3.63, 3.8) is 0 Å². The van der Waals surface area contributed by atoms with Crippen LogP contribution >= 0.6 is 33.4 Å². The van der Waals surface area contributed by atoms with Crippen molar-refractivity contribution in [3.8, 4) is 11.8 Å². The average Bonchev–Trinajstić information content (AvgIpc) is 3.42. The van der Waals surface area contributed by atoms with Crippen molar-refractivity contribution in [3.05, 3.63) is 33.4 Å². The maximum absolute atomic E-state index is 13.2. The summed E-state index contributed by atoms with van der Waals surface area (Å²) in [5.74, 6) is -1.15. The lowest BCUT2D eigenvalue weighted by atomic mass is 9.95. The molecule has 0 bridgehead atoms. The third kappa shape index (κ3) is 4.40. The molecule has 1 aliphatic carbocycles. The molecule has 0 spiro atoms. The second kappa shape index (κ2) is 7.12. The second-order valence-corrected chi connectivity index (χ2v) is 10.2. The van der Waals surface area contributed by atoms with Gasteiger partial charge in [0.25, 0.3) is 0 Å². The number of aromatic nitrogens is 2. The third-order valence-corrected chi connectivity index (χ3v) is 6.55. The van der Waals surface area contributed by atoms with E-state index in [0.717, 1.165) is 14.2 Å². The minimum atomic E-state index is -10.1. The predicted molar refractivity (Wildman–Crippen MR) is 109 cm³/mol. The Morgan fingerprint density at radius 1 is 1.15 bits per heavy atom. The Kier molecular flexibility index (Phi) is 5.36. The standard InChI is InChI=1S/C17H13Cl2F5N4O4S/c1-31-15(29)17(3-4-17)12-11(7-25)27-28(14(12)26-16(30)32-2)13-9(18)5-8(6-10(13)19)33(20,21,22,23)24/h5-6H,3-4H2,1-2H3,(H,26,30). The summed E-state index contributed by atoms with van der Waals surface area (Å²) in [5.41, 5.74) is -2.48. The van der Waals surface area contributed by atoms with E-state index in [1.807, 2.05) is 0 Å². The zero-order valence-electron chi connectivity index (χ0n) is 16.6. The number of anilines is 1. The van der Waals surface area contributed by atoms with Gasteiger partial charge in [0.15, 0.2) is 5.69 Å². The molecule has 1 saturated carbocycles. The molecule has 0 saturated heterocycles. The van der Waals surface area contributed by atoms with E-state index >= 15 is 0 Å². The van der Waals surface area contributed by atoms with Crippen LogP contribution in [-0.2, 0) is 19.7 Å². The summed E-state index contributed by atoms with van der Waals surface area (Å²) < 4.78 is 76.2. The van der Waals surface area contributed by atoms with Crippen LogP contribution in [-0.4, -0.2) is 36.1 Å². The quantitative estimate of drug-likeness (QED) is 0.367. The van der Waals surface area contributed by atoms with Gasteiger partial charge in [-0.1, -0.05) is 42.6 Å². The van der Waals surface area contributed by atoms with Crippen LogP contribution < -0.4 is 5.32 Å². The van der Waals surface area contributed by atoms with Crippen LogP contribution in [0.3, 0.4) is 0 Å². The Balaban J connectivity index is 2.35. The first-order valence-electron chi connectivity index (χ1n) is 8.69. The Hall–Kier alpha value is -2.76. The fourth-order valence-corrected chi connectivity index (χ4v) is 4.68. The Morgan fingerprint density at radius 2 is 1.70 bits per heavy atom. The Bertz CT molecular complexity index is 1220. The fraction of sp³-hybridized carbons (Fsp3) is 0.294. The summed E-state index contributed by atoms with van der Waals surface area (Å²) in [4.78, 5) is 22.0. The SMILES string of the molecule is COC(=O)Nc1c(C2(C(=O)OC)CC2)c(C#N)nn1-c1c(Cl)cc(S(F)(F)(F)(F)F)cc1Cl. The molecule has 0 atom stereocenters. The summed E-state index contributed by atoms with van der Waals surface area (Å²) in [7, 11) is -8.05. The van der Waals surface area contributed by atoms with Gasteiger partial charge in [-0.2, -0.15) is 10.4 Å². The molecule has 1 amide bonds. The number of benzene rings is 1. The molecular formula is C17H13Cl2F5N4O4S. The monoisotopic (exact) mass is 534 g/mol. The lowest BCUT2D eigenvalue weighted by molar-refractivity contribution is -0.143. The Labute approximate surface area is 192 Å². The molecule has 0 unspecified atom stereocenters. The molecule has 33 heavy (non-hydrogen) atoms. The van der Waals surface area contributed by atoms with Crippen molar-refractivity contribution in [2.24, 2.45) is 0 Å². The molecule has 1 aromatic carbocycles. The van der Waals surface area contributed by atoms with Gasteiger partial charge in [-0.15, -0.1) is 0 Å². The molecule has 1 N–H and O–H groups in total. The zero-order valence-corrected chi connectivity index (χ0v) is 18.9. The molecule has 8 nitrogen and oxygen atoms in total. The molecule has 1 heterocycles. The first-order chi connectivity index (χ1) is 15.0. The molecule has 0 radical (unpaired) electrons. The van der Waals surface area contributed by atoms with Crippen LogP contribution in [0.15, 0.2) is 17.0 Å². The van der Waals surface area contributed by atoms with Crippen molar-refractivity contribution in [2.75, 3.05) is 19.5 Å². The van der Waals surface area contributed by atoms with Gasteiger partial charge < -0.3 is 9.47 Å². The van der Waals surface area contributed by atoms with Crippen molar-refractivity contribution in [1.82, 2.24) is 9.78 Å². The number of carbonyl (C=O) groups is 2. The van der Waals surface area contributed by atoms with E-state index in [1.54, 1.807) is 6.07 Å². The minimum Gasteiger partial charge on any atom is -0.468 e. The molecule has 16 heteroatoms. The lowest BCUT2D eigenvalue weighted by Gasteiger charge is -2.40. The largest absolute Gasteiger partial charge is 0.468 e. The molecule has 1 aliphatic rings. The van der Waals surface area contributed by atoms with Crippen LogP contribution in [0, 0.1) is 11.3 Å². The number of nitriles is 1. The van der Waals surface area contributed by atoms with Crippen LogP contribution in [0.4, 0.5) is 30.0 Å². The summed E-state index contributed by atoms with van der Waals surface area (Å²) >= 11 is 11.8. The highest BCUT2D eigenvalue weighted by Crippen LogP contribution is 3.02. The number of hydrogen-bond acceptors (Lipinski definition) is 6. The van der Waals surface area contributed by atoms with Crippen LogP contribution in [0.5, 0.6) is 0 Å². The van der Waals surface area contributed by atoms with E-state index < -0.39 is 54.0 Å². The molecule has 2 aromatic rings. The van der Waals surface area contributed by atoms with Gasteiger partial charge in [0.05, 0.1) is 35.2 Å². The van der Waals surface area contributed by atoms with Crippen molar-refractivity contribution in [2.45, 2.75) is 23.2 Å². The summed E-state index contributed by atoms with van der Waals surface area (Å²) in [6.45, 7) is 0. The normalized spacial score (nSPS) is 16.7. The smallest absolute Gasteiger partial charge is 0.412 e. The fourth-order valence-electron chi connectivity index (χ4n) is 3.22. The summed E-state index contributed by atoms with van der Waals surface area (Å²) in [6, 6.07) is 1.62. The highest BCUT2D eigenvalue weighted by Gasteiger charge is 2.66. The zero-order chi connectivity index (χ0) is 25.0. The number of carbonyl (C=O) groups excluding carboxylic acids is 2. The molecule has 0 aliphatic heterocycles. The average molecular weight is 535 g/mol. The van der Waals surface area contributed by atoms with Crippen molar-refractivity contribution in [1.29, 1.82) is 5.26 Å². The van der Waals surface area contributed by atoms with Crippen LogP contribution in [0.25, 0.3) is 5.69 Å². The van der Waals surface area contributed by atoms with Crippen molar-refractivity contribution < 1.29 is 38.5 Å². The van der Waals surface area contributed by atoms with E-state index in [4.69, 9.17) is 27.9 Å². The number of nitrogens with one attached hydrogen (secondary N) is 1. The number of esters is 1. The maximum atomic E-state index is 13.2. The number of hydrogen-bond donors (Lipinski definition) is 1. The predicted octanol–water partition coefficient (Wildman–Crippen LogP) is 6.09. The van der Waals surface area contributed by atoms with E-state index in [0.29, 0.717) is 4.68 Å². The van der Waals surface area contributed by atoms with E-state index in [2.05, 4.69) is 15.2 Å². The summed E-state index contributed by atoms with van der Waals surface area (Å²) in [5, 5.41) is 13.9. The highest BCUT2D eigenvalue weighted by molar-refractivity contribution is 8.45. The number of methoxy groups -OCH3 is 2. The van der Waals surface area contributed by atoms with Gasteiger partial charge in [-0.25, -0.2) is 9.48 Å². The second-order valence-electron chi connectivity index (χ2n) is 6.99. The van der Waals surface area contributed by atoms with E-state index in [-0.39, 0.29) is 36.4 Å². The Morgan fingerprint density at radius 3 is 2.09 bits per heavy atom. The topological polar surface area (TPSA) is 106 Å². The van der Waals surface area contributed by atoms with Crippen LogP contribution in [0.2, 0.25) is 10.0 Å². The maximum Gasteiger partial charge on any atom is 0.412 e. The third-order valence-electron chi connectivity index (χ3n) is 4.85. The molecule has 180 valence electrons. The number of amides is 1. The van der Waals surface area contributed by atoms with E-state index in [9.17, 15) is 34.3 Å². The first kappa shape index (κ1) is 24.9. The van der Waals surface area contributed by atoms with Crippen molar-refractivity contribution >= 4 is 51.3 Å². The van der Waals surface area contributed by atoms with Gasteiger partial charge in [-0.05, 0) is 25.0 Å². The summed E-state index contributed by atoms with van der Waals surface area (Å²) in [6.07, 6.45) is -0.709.